The quantitative estimate of drug-likeness (QED) is 0.716. The number of carbonyl (C=O) groups is 2. The Morgan fingerprint density at radius 2 is 1.96 bits per heavy atom. The summed E-state index contributed by atoms with van der Waals surface area (Å²) in [5.41, 5.74) is 0.00169. The zero-order valence-corrected chi connectivity index (χ0v) is 15.8. The van der Waals surface area contributed by atoms with Gasteiger partial charge in [-0.1, -0.05) is 27.0 Å². The minimum atomic E-state index is -0.679. The summed E-state index contributed by atoms with van der Waals surface area (Å²) in [5.74, 6) is 0.00218. The van der Waals surface area contributed by atoms with Gasteiger partial charge in [0.05, 0.1) is 16.6 Å². The first-order valence-corrected chi connectivity index (χ1v) is 8.68. The highest BCUT2D eigenvalue weighted by atomic mass is 32.1. The van der Waals surface area contributed by atoms with Gasteiger partial charge in [0.25, 0.3) is 0 Å². The van der Waals surface area contributed by atoms with Crippen molar-refractivity contribution >= 4 is 35.4 Å². The summed E-state index contributed by atoms with van der Waals surface area (Å²) < 4.78 is 5.26. The molecule has 5 nitrogen and oxygen atoms in total. The van der Waals surface area contributed by atoms with Crippen molar-refractivity contribution < 1.29 is 15.8 Å². The zero-order valence-electron chi connectivity index (χ0n) is 15.0. The summed E-state index contributed by atoms with van der Waals surface area (Å²) in [6.07, 6.45) is 3.13. The average Bonchev–Trinajstić information content (AvgIpc) is 2.86. The van der Waals surface area contributed by atoms with E-state index >= 15 is 0 Å². The molecule has 1 aromatic rings. The van der Waals surface area contributed by atoms with Crippen LogP contribution in [0.25, 0.3) is 12.2 Å². The average molecular weight is 353 g/mol. The van der Waals surface area contributed by atoms with Gasteiger partial charge in [-0.25, -0.2) is 9.78 Å². The molecule has 1 atom stereocenters. The molecule has 24 heavy (non-hydrogen) atoms. The van der Waals surface area contributed by atoms with E-state index in [1.807, 2.05) is 13.8 Å². The number of rotatable bonds is 7. The molecule has 1 amide bonds. The molecule has 1 heterocycles. The van der Waals surface area contributed by atoms with Gasteiger partial charge in [-0.3, -0.25) is 4.79 Å². The molecular formula is C18H28N2O3S. The van der Waals surface area contributed by atoms with E-state index < -0.39 is 17.7 Å². The summed E-state index contributed by atoms with van der Waals surface area (Å²) in [5, 5.41) is 3.01. The number of hydrogen-bond donors (Lipinski definition) is 1. The van der Waals surface area contributed by atoms with Crippen LogP contribution in [0.15, 0.2) is 13.2 Å². The summed E-state index contributed by atoms with van der Waals surface area (Å²) >= 11 is 1.25. The van der Waals surface area contributed by atoms with Gasteiger partial charge >= 0.3 is 6.09 Å². The summed E-state index contributed by atoms with van der Waals surface area (Å²) in [6.45, 7) is 16.7. The van der Waals surface area contributed by atoms with E-state index in [0.717, 1.165) is 4.88 Å². The molecule has 0 aliphatic heterocycles. The van der Waals surface area contributed by atoms with Gasteiger partial charge < -0.3 is 10.1 Å². The smallest absolute Gasteiger partial charge is 0.408 e. The van der Waals surface area contributed by atoms with Crippen molar-refractivity contribution in [2.75, 3.05) is 0 Å². The maximum atomic E-state index is 12.8. The minimum absolute atomic E-state index is 0. The number of ketones is 1. The zero-order chi connectivity index (χ0) is 18.5. The molecule has 1 unspecified atom stereocenters. The third-order valence-corrected chi connectivity index (χ3v) is 4.07. The molecule has 0 aromatic carbocycles. The Kier molecular flexibility index (Phi) is 6.90. The molecule has 1 N–H and O–H groups in total. The van der Waals surface area contributed by atoms with Crippen molar-refractivity contribution in [3.63, 3.8) is 0 Å². The Morgan fingerprint density at radius 3 is 2.38 bits per heavy atom. The van der Waals surface area contributed by atoms with E-state index in [1.54, 1.807) is 32.9 Å². The van der Waals surface area contributed by atoms with E-state index in [0.29, 0.717) is 17.1 Å². The van der Waals surface area contributed by atoms with Crippen molar-refractivity contribution in [3.05, 3.63) is 28.7 Å². The molecule has 6 heteroatoms. The SMILES string of the molecule is C=Cc1nc(C(=O)C(CC(C)C)NC(=O)OC(C)(C)C)sc1C=C.[HH]. The first-order valence-electron chi connectivity index (χ1n) is 7.86. The van der Waals surface area contributed by atoms with Crippen LogP contribution in [0.1, 0.15) is 62.8 Å². The van der Waals surface area contributed by atoms with Gasteiger partial charge in [-0.2, -0.15) is 0 Å². The normalized spacial score (nSPS) is 12.6. The summed E-state index contributed by atoms with van der Waals surface area (Å²) in [6, 6.07) is -0.679. The van der Waals surface area contributed by atoms with Crippen LogP contribution in [0.2, 0.25) is 0 Å². The third kappa shape index (κ3) is 5.92. The molecule has 0 saturated heterocycles. The number of hydrogen-bond acceptors (Lipinski definition) is 5. The number of aromatic nitrogens is 1. The molecule has 0 radical (unpaired) electrons. The highest BCUT2D eigenvalue weighted by molar-refractivity contribution is 7.14. The van der Waals surface area contributed by atoms with Crippen LogP contribution in [0.4, 0.5) is 4.79 Å². The largest absolute Gasteiger partial charge is 0.444 e. The van der Waals surface area contributed by atoms with E-state index in [-0.39, 0.29) is 13.1 Å². The Hall–Kier alpha value is -1.95. The van der Waals surface area contributed by atoms with E-state index in [2.05, 4.69) is 23.5 Å². The number of thiazole rings is 1. The van der Waals surface area contributed by atoms with Crippen LogP contribution in [0.3, 0.4) is 0 Å². The van der Waals surface area contributed by atoms with Gasteiger partial charge in [0.1, 0.15) is 5.60 Å². The number of Topliss-reactive ketones (excluding diaryl/α,β-unsaturated/α-hetero) is 1. The maximum absolute atomic E-state index is 12.8. The standard InChI is InChI=1S/C18H26N2O3S.H2/c1-8-12-14(9-2)24-16(19-12)15(21)13(10-11(3)4)20-17(22)23-18(5,6)7;/h8-9,11,13H,1-2,10H2,3-7H3,(H,20,22);1H. The molecule has 0 aliphatic carbocycles. The highest BCUT2D eigenvalue weighted by Crippen LogP contribution is 2.23. The fourth-order valence-electron chi connectivity index (χ4n) is 2.04. The molecule has 0 fully saturated rings. The van der Waals surface area contributed by atoms with E-state index in [9.17, 15) is 9.59 Å². The van der Waals surface area contributed by atoms with Crippen LogP contribution in [-0.4, -0.2) is 28.5 Å². The molecule has 0 aliphatic rings. The maximum Gasteiger partial charge on any atom is 0.408 e. The number of carbonyl (C=O) groups excluding carboxylic acids is 2. The van der Waals surface area contributed by atoms with Crippen molar-refractivity contribution in [3.8, 4) is 0 Å². The van der Waals surface area contributed by atoms with Gasteiger partial charge in [0.15, 0.2) is 5.01 Å². The number of amides is 1. The van der Waals surface area contributed by atoms with Crippen LogP contribution >= 0.6 is 11.3 Å². The van der Waals surface area contributed by atoms with Crippen molar-refractivity contribution in [2.45, 2.75) is 52.7 Å². The lowest BCUT2D eigenvalue weighted by Crippen LogP contribution is -2.44. The second-order valence-corrected chi connectivity index (χ2v) is 7.90. The second-order valence-electron chi connectivity index (χ2n) is 6.87. The van der Waals surface area contributed by atoms with Crippen LogP contribution < -0.4 is 5.32 Å². The molecule has 1 rings (SSSR count). The lowest BCUT2D eigenvalue weighted by molar-refractivity contribution is 0.0485. The van der Waals surface area contributed by atoms with Crippen molar-refractivity contribution in [2.24, 2.45) is 5.92 Å². The van der Waals surface area contributed by atoms with Crippen molar-refractivity contribution in [1.82, 2.24) is 10.3 Å². The fourth-order valence-corrected chi connectivity index (χ4v) is 2.96. The summed E-state index contributed by atoms with van der Waals surface area (Å²) in [4.78, 5) is 29.9. The first-order chi connectivity index (χ1) is 11.1. The molecule has 0 saturated carbocycles. The highest BCUT2D eigenvalue weighted by Gasteiger charge is 2.28. The Bertz CT molecular complexity index is 607. The lowest BCUT2D eigenvalue weighted by atomic mass is 10.0. The van der Waals surface area contributed by atoms with Gasteiger partial charge in [0.2, 0.25) is 5.78 Å². The Labute approximate surface area is 149 Å². The number of nitrogens with zero attached hydrogens (tertiary/aromatic N) is 1. The predicted octanol–water partition coefficient (Wildman–Crippen LogP) is 4.80. The monoisotopic (exact) mass is 352 g/mol. The minimum Gasteiger partial charge on any atom is -0.444 e. The van der Waals surface area contributed by atoms with Crippen LogP contribution in [0, 0.1) is 5.92 Å². The van der Waals surface area contributed by atoms with Gasteiger partial charge in [-0.15, -0.1) is 11.3 Å². The predicted molar refractivity (Wildman–Crippen MR) is 101 cm³/mol. The van der Waals surface area contributed by atoms with E-state index in [1.165, 1.54) is 11.3 Å². The second kappa shape index (κ2) is 8.24. The number of nitrogens with one attached hydrogen (secondary N) is 1. The van der Waals surface area contributed by atoms with Crippen molar-refractivity contribution in [1.29, 1.82) is 0 Å². The Morgan fingerprint density at radius 1 is 1.33 bits per heavy atom. The molecule has 134 valence electrons. The molecule has 0 bridgehead atoms. The van der Waals surface area contributed by atoms with Crippen LogP contribution in [0.5, 0.6) is 0 Å². The topological polar surface area (TPSA) is 68.3 Å². The van der Waals surface area contributed by atoms with E-state index in [4.69, 9.17) is 4.74 Å². The molecule has 1 aromatic heterocycles. The van der Waals surface area contributed by atoms with Crippen LogP contribution in [-0.2, 0) is 4.74 Å². The number of ether oxygens (including phenoxy) is 1. The molecule has 0 spiro atoms. The van der Waals surface area contributed by atoms with Gasteiger partial charge in [0, 0.05) is 1.43 Å². The Balaban J connectivity index is 0.00000576. The summed E-state index contributed by atoms with van der Waals surface area (Å²) in [7, 11) is 0. The lowest BCUT2D eigenvalue weighted by Gasteiger charge is -2.23. The third-order valence-electron chi connectivity index (χ3n) is 2.99. The fraction of sp³-hybridized carbons (Fsp3) is 0.500. The number of alkyl carbamates (subject to hydrolysis) is 1. The first kappa shape index (κ1) is 20.1. The molecular weight excluding hydrogens is 324 g/mol. The van der Waals surface area contributed by atoms with Gasteiger partial charge in [-0.05, 0) is 45.3 Å².